The Labute approximate surface area is 118 Å². The van der Waals surface area contributed by atoms with Crippen LogP contribution in [0.2, 0.25) is 0 Å². The van der Waals surface area contributed by atoms with Gasteiger partial charge in [-0.15, -0.1) is 0 Å². The van der Waals surface area contributed by atoms with E-state index in [1.807, 2.05) is 4.90 Å². The number of carboxylic acid groups (broad SMARTS) is 1. The number of halogens is 1. The molecule has 1 aromatic rings. The molecule has 20 heavy (non-hydrogen) atoms. The minimum Gasteiger partial charge on any atom is -0.478 e. The highest BCUT2D eigenvalue weighted by molar-refractivity contribution is 5.88. The number of aromatic carboxylic acids is 1. The first-order valence-electron chi connectivity index (χ1n) is 6.76. The van der Waals surface area contributed by atoms with Gasteiger partial charge in [-0.1, -0.05) is 32.4 Å². The molecule has 1 N–H and O–H groups in total. The summed E-state index contributed by atoms with van der Waals surface area (Å²) in [7, 11) is 0. The van der Waals surface area contributed by atoms with Gasteiger partial charge in [-0.2, -0.15) is 0 Å². The summed E-state index contributed by atoms with van der Waals surface area (Å²) in [5, 5.41) is 8.84. The molecule has 1 heterocycles. The number of hydrogen-bond acceptors (Lipinski definition) is 2. The molecule has 0 unspecified atom stereocenters. The van der Waals surface area contributed by atoms with E-state index in [4.69, 9.17) is 5.11 Å². The number of hydrogen-bond donors (Lipinski definition) is 1. The molecule has 3 nitrogen and oxygen atoms in total. The van der Waals surface area contributed by atoms with Crippen LogP contribution < -0.4 is 4.90 Å². The average molecular weight is 277 g/mol. The summed E-state index contributed by atoms with van der Waals surface area (Å²) in [4.78, 5) is 12.7. The molecule has 0 atom stereocenters. The van der Waals surface area contributed by atoms with E-state index in [-0.39, 0.29) is 11.0 Å². The number of rotatable bonds is 2. The van der Waals surface area contributed by atoms with Crippen molar-refractivity contribution in [1.29, 1.82) is 0 Å². The van der Waals surface area contributed by atoms with Gasteiger partial charge in [0.1, 0.15) is 5.82 Å². The lowest BCUT2D eigenvalue weighted by Crippen LogP contribution is -2.31. The van der Waals surface area contributed by atoms with Crippen LogP contribution in [0.5, 0.6) is 0 Å². The van der Waals surface area contributed by atoms with Gasteiger partial charge in [0.2, 0.25) is 0 Å². The molecular formula is C16H20FNO2. The van der Waals surface area contributed by atoms with Gasteiger partial charge >= 0.3 is 5.97 Å². The third-order valence-electron chi connectivity index (χ3n) is 3.71. The van der Waals surface area contributed by atoms with E-state index in [1.54, 1.807) is 6.07 Å². The number of anilines is 1. The molecule has 0 spiro atoms. The van der Waals surface area contributed by atoms with Gasteiger partial charge in [-0.3, -0.25) is 0 Å². The maximum atomic E-state index is 14.0. The second-order valence-electron chi connectivity index (χ2n) is 6.15. The molecule has 1 aliphatic rings. The second kappa shape index (κ2) is 5.27. The van der Waals surface area contributed by atoms with Crippen molar-refractivity contribution in [2.24, 2.45) is 5.41 Å². The van der Waals surface area contributed by atoms with Crippen molar-refractivity contribution in [3.63, 3.8) is 0 Å². The first-order valence-corrected chi connectivity index (χ1v) is 6.76. The highest BCUT2D eigenvalue weighted by Gasteiger charge is 2.22. The first-order chi connectivity index (χ1) is 9.29. The number of nitrogens with zero attached hydrogens (tertiary/aromatic N) is 1. The van der Waals surface area contributed by atoms with Crippen molar-refractivity contribution in [3.8, 4) is 0 Å². The third kappa shape index (κ3) is 3.00. The monoisotopic (exact) mass is 277 g/mol. The minimum absolute atomic E-state index is 0.0193. The molecule has 0 saturated heterocycles. The van der Waals surface area contributed by atoms with Gasteiger partial charge in [0.15, 0.2) is 0 Å². The van der Waals surface area contributed by atoms with E-state index in [9.17, 15) is 9.18 Å². The van der Waals surface area contributed by atoms with Crippen molar-refractivity contribution >= 4 is 11.7 Å². The molecule has 1 aromatic carbocycles. The molecule has 0 bridgehead atoms. The van der Waals surface area contributed by atoms with Crippen molar-refractivity contribution < 1.29 is 14.3 Å². The molecule has 0 fully saturated rings. The Morgan fingerprint density at radius 1 is 1.35 bits per heavy atom. The maximum Gasteiger partial charge on any atom is 0.335 e. The average Bonchev–Trinajstić information content (AvgIpc) is 2.37. The molecule has 0 saturated carbocycles. The zero-order valence-corrected chi connectivity index (χ0v) is 12.1. The van der Waals surface area contributed by atoms with Crippen LogP contribution in [0, 0.1) is 11.2 Å². The summed E-state index contributed by atoms with van der Waals surface area (Å²) < 4.78 is 14.0. The van der Waals surface area contributed by atoms with Crippen molar-refractivity contribution in [2.75, 3.05) is 18.0 Å². The van der Waals surface area contributed by atoms with Crippen molar-refractivity contribution in [1.82, 2.24) is 0 Å². The Morgan fingerprint density at radius 2 is 2.05 bits per heavy atom. The number of benzene rings is 1. The van der Waals surface area contributed by atoms with Crippen LogP contribution >= 0.6 is 0 Å². The van der Waals surface area contributed by atoms with Crippen LogP contribution in [-0.4, -0.2) is 24.2 Å². The van der Waals surface area contributed by atoms with E-state index in [1.165, 1.54) is 11.6 Å². The minimum atomic E-state index is -1.11. The standard InChI is InChI=1S/C16H20FNO2/c1-16(2,3)12-6-8-18(9-7-12)14-5-4-11(15(19)20)10-13(14)17/h4-6,10H,7-9H2,1-3H3,(H,19,20). The molecule has 4 heteroatoms. The fourth-order valence-electron chi connectivity index (χ4n) is 2.47. The molecular weight excluding hydrogens is 257 g/mol. The number of carbonyl (C=O) groups is 1. The largest absolute Gasteiger partial charge is 0.478 e. The Morgan fingerprint density at radius 3 is 2.50 bits per heavy atom. The fourth-order valence-corrected chi connectivity index (χ4v) is 2.47. The molecule has 0 radical (unpaired) electrons. The van der Waals surface area contributed by atoms with E-state index < -0.39 is 11.8 Å². The van der Waals surface area contributed by atoms with Crippen LogP contribution in [0.15, 0.2) is 29.8 Å². The normalized spacial score (nSPS) is 16.0. The Balaban J connectivity index is 2.19. The van der Waals surface area contributed by atoms with Crippen LogP contribution in [0.1, 0.15) is 37.6 Å². The van der Waals surface area contributed by atoms with E-state index >= 15 is 0 Å². The molecule has 0 amide bonds. The molecule has 0 aromatic heterocycles. The van der Waals surface area contributed by atoms with Gasteiger partial charge < -0.3 is 10.0 Å². The zero-order valence-electron chi connectivity index (χ0n) is 12.1. The zero-order chi connectivity index (χ0) is 14.9. The second-order valence-corrected chi connectivity index (χ2v) is 6.15. The lowest BCUT2D eigenvalue weighted by atomic mass is 9.83. The van der Waals surface area contributed by atoms with Crippen LogP contribution in [0.25, 0.3) is 0 Å². The molecule has 1 aliphatic heterocycles. The van der Waals surface area contributed by atoms with E-state index in [2.05, 4.69) is 26.8 Å². The molecule has 2 rings (SSSR count). The van der Waals surface area contributed by atoms with Gasteiger partial charge in [0.05, 0.1) is 11.3 Å². The highest BCUT2D eigenvalue weighted by atomic mass is 19.1. The lowest BCUT2D eigenvalue weighted by molar-refractivity contribution is 0.0696. The number of carboxylic acids is 1. The Kier molecular flexibility index (Phi) is 3.84. The quantitative estimate of drug-likeness (QED) is 0.838. The van der Waals surface area contributed by atoms with E-state index in [0.29, 0.717) is 12.2 Å². The van der Waals surface area contributed by atoms with Crippen LogP contribution in [0.3, 0.4) is 0 Å². The SMILES string of the molecule is CC(C)(C)C1=CCN(c2ccc(C(=O)O)cc2F)CC1. The van der Waals surface area contributed by atoms with Gasteiger partial charge in [0.25, 0.3) is 0 Å². The van der Waals surface area contributed by atoms with Gasteiger partial charge in [-0.25, -0.2) is 9.18 Å². The topological polar surface area (TPSA) is 40.5 Å². The Bertz CT molecular complexity index is 558. The molecule has 0 aliphatic carbocycles. The van der Waals surface area contributed by atoms with Gasteiger partial charge in [0, 0.05) is 13.1 Å². The van der Waals surface area contributed by atoms with E-state index in [0.717, 1.165) is 19.0 Å². The summed E-state index contributed by atoms with van der Waals surface area (Å²) in [6.45, 7) is 7.95. The van der Waals surface area contributed by atoms with Crippen LogP contribution in [-0.2, 0) is 0 Å². The summed E-state index contributed by atoms with van der Waals surface area (Å²) in [6, 6.07) is 4.08. The highest BCUT2D eigenvalue weighted by Crippen LogP contribution is 2.32. The smallest absolute Gasteiger partial charge is 0.335 e. The van der Waals surface area contributed by atoms with Crippen molar-refractivity contribution in [3.05, 3.63) is 41.2 Å². The van der Waals surface area contributed by atoms with Gasteiger partial charge in [-0.05, 0) is 30.0 Å². The predicted molar refractivity (Wildman–Crippen MR) is 77.7 cm³/mol. The summed E-state index contributed by atoms with van der Waals surface area (Å²) in [5.74, 6) is -1.58. The summed E-state index contributed by atoms with van der Waals surface area (Å²) in [6.07, 6.45) is 3.05. The lowest BCUT2D eigenvalue weighted by Gasteiger charge is -2.33. The summed E-state index contributed by atoms with van der Waals surface area (Å²) in [5.41, 5.74) is 1.99. The maximum absolute atomic E-state index is 14.0. The predicted octanol–water partition coefficient (Wildman–Crippen LogP) is 3.71. The summed E-state index contributed by atoms with van der Waals surface area (Å²) >= 11 is 0. The molecule has 108 valence electrons. The van der Waals surface area contributed by atoms with Crippen molar-refractivity contribution in [2.45, 2.75) is 27.2 Å². The fraction of sp³-hybridized carbons (Fsp3) is 0.438. The third-order valence-corrected chi connectivity index (χ3v) is 3.71. The first kappa shape index (κ1) is 14.6. The van der Waals surface area contributed by atoms with Crippen LogP contribution in [0.4, 0.5) is 10.1 Å². The Hall–Kier alpha value is -1.84.